The molecule has 2 amide bonds. The van der Waals surface area contributed by atoms with Crippen LogP contribution in [0.25, 0.3) is 0 Å². The zero-order valence-electron chi connectivity index (χ0n) is 18.8. The first-order valence-corrected chi connectivity index (χ1v) is 12.5. The van der Waals surface area contributed by atoms with Gasteiger partial charge in [-0.15, -0.1) is 0 Å². The summed E-state index contributed by atoms with van der Waals surface area (Å²) in [5.74, 6) is -1.99. The molecule has 0 aliphatic carbocycles. The number of sulfonamides is 1. The topological polar surface area (TPSA) is 126 Å². The van der Waals surface area contributed by atoms with Crippen molar-refractivity contribution in [1.29, 1.82) is 0 Å². The van der Waals surface area contributed by atoms with E-state index in [1.54, 1.807) is 19.9 Å². The molecule has 1 N–H and O–H groups in total. The van der Waals surface area contributed by atoms with E-state index in [1.165, 1.54) is 45.8 Å². The van der Waals surface area contributed by atoms with E-state index in [1.807, 2.05) is 0 Å². The molecule has 2 heterocycles. The summed E-state index contributed by atoms with van der Waals surface area (Å²) in [6.45, 7) is 3.49. The first-order chi connectivity index (χ1) is 16.1. The number of halogens is 1. The number of hydrogen-bond donors (Lipinski definition) is 1. The Bertz CT molecular complexity index is 1110. The maximum Gasteiger partial charge on any atom is 0.329 e. The maximum absolute atomic E-state index is 12.8. The van der Waals surface area contributed by atoms with Gasteiger partial charge in [0.15, 0.2) is 12.4 Å². The van der Waals surface area contributed by atoms with Gasteiger partial charge in [0, 0.05) is 31.2 Å². The summed E-state index contributed by atoms with van der Waals surface area (Å²) >= 11 is 5.82. The second-order valence-electron chi connectivity index (χ2n) is 8.02. The lowest BCUT2D eigenvalue weighted by Crippen LogP contribution is -2.52. The van der Waals surface area contributed by atoms with E-state index in [0.29, 0.717) is 5.02 Å². The van der Waals surface area contributed by atoms with Crippen molar-refractivity contribution in [2.45, 2.75) is 24.8 Å². The summed E-state index contributed by atoms with van der Waals surface area (Å²) in [5.41, 5.74) is 0. The summed E-state index contributed by atoms with van der Waals surface area (Å²) in [6.07, 6.45) is 1.34. The Balaban J connectivity index is 1.50. The summed E-state index contributed by atoms with van der Waals surface area (Å²) in [4.78, 5) is 38.8. The Hall–Kier alpha value is -2.89. The van der Waals surface area contributed by atoms with Gasteiger partial charge in [-0.3, -0.25) is 9.59 Å². The molecule has 1 aromatic carbocycles. The van der Waals surface area contributed by atoms with E-state index in [-0.39, 0.29) is 42.8 Å². The number of nitrogens with zero attached hydrogens (tertiary/aromatic N) is 2. The largest absolute Gasteiger partial charge is 0.459 e. The monoisotopic (exact) mass is 511 g/mol. The number of rotatable bonds is 8. The Morgan fingerprint density at radius 3 is 2.29 bits per heavy atom. The van der Waals surface area contributed by atoms with Gasteiger partial charge in [-0.05, 0) is 42.3 Å². The van der Waals surface area contributed by atoms with Gasteiger partial charge in [-0.1, -0.05) is 25.4 Å². The number of carbonyl (C=O) groups excluding carboxylic acids is 3. The number of amides is 2. The van der Waals surface area contributed by atoms with Crippen LogP contribution in [0.4, 0.5) is 0 Å². The Morgan fingerprint density at radius 2 is 1.74 bits per heavy atom. The molecule has 0 radical (unpaired) electrons. The van der Waals surface area contributed by atoms with Gasteiger partial charge in [0.2, 0.25) is 10.0 Å². The van der Waals surface area contributed by atoms with Crippen molar-refractivity contribution in [3.05, 3.63) is 53.4 Å². The number of piperazine rings is 1. The molecule has 1 aliphatic rings. The first kappa shape index (κ1) is 25.7. The molecule has 0 saturated carbocycles. The minimum atomic E-state index is -3.70. The van der Waals surface area contributed by atoms with Crippen LogP contribution in [0.5, 0.6) is 0 Å². The molecule has 1 aliphatic heterocycles. The third-order valence-corrected chi connectivity index (χ3v) is 7.50. The Morgan fingerprint density at radius 1 is 1.09 bits per heavy atom. The number of nitrogens with one attached hydrogen (secondary N) is 1. The van der Waals surface area contributed by atoms with E-state index < -0.39 is 40.5 Å². The average Bonchev–Trinajstić information content (AvgIpc) is 3.36. The Kier molecular flexibility index (Phi) is 8.34. The summed E-state index contributed by atoms with van der Waals surface area (Å²) in [6, 6.07) is 7.93. The van der Waals surface area contributed by atoms with Crippen molar-refractivity contribution in [2.75, 3.05) is 32.8 Å². The van der Waals surface area contributed by atoms with Gasteiger partial charge in [0.1, 0.15) is 6.04 Å². The zero-order chi connectivity index (χ0) is 24.9. The van der Waals surface area contributed by atoms with Crippen molar-refractivity contribution >= 4 is 39.4 Å². The molecule has 2 aromatic rings. The van der Waals surface area contributed by atoms with Crippen LogP contribution in [0.3, 0.4) is 0 Å². The molecule has 1 atom stereocenters. The average molecular weight is 512 g/mol. The molecular weight excluding hydrogens is 486 g/mol. The fourth-order valence-corrected chi connectivity index (χ4v) is 4.91. The molecule has 1 saturated heterocycles. The quantitative estimate of drug-likeness (QED) is 0.535. The number of benzene rings is 1. The van der Waals surface area contributed by atoms with Crippen LogP contribution in [0.1, 0.15) is 24.4 Å². The maximum atomic E-state index is 12.8. The SMILES string of the molecule is CC(C)C(NC(=O)c1ccco1)C(=O)OCC(=O)N1CCN(S(=O)(=O)c2ccc(Cl)cc2)CC1. The van der Waals surface area contributed by atoms with Crippen LogP contribution in [-0.2, 0) is 24.3 Å². The van der Waals surface area contributed by atoms with Crippen molar-refractivity contribution in [3.63, 3.8) is 0 Å². The number of carbonyl (C=O) groups is 3. The normalized spacial score (nSPS) is 15.7. The highest BCUT2D eigenvalue weighted by molar-refractivity contribution is 7.89. The fraction of sp³-hybridized carbons (Fsp3) is 0.409. The van der Waals surface area contributed by atoms with Crippen LogP contribution in [0.15, 0.2) is 52.0 Å². The third kappa shape index (κ3) is 6.16. The molecule has 12 heteroatoms. The second kappa shape index (κ2) is 11.0. The molecule has 184 valence electrons. The number of hydrogen-bond acceptors (Lipinski definition) is 7. The first-order valence-electron chi connectivity index (χ1n) is 10.6. The summed E-state index contributed by atoms with van der Waals surface area (Å²) in [5, 5.41) is 2.98. The van der Waals surface area contributed by atoms with E-state index in [9.17, 15) is 22.8 Å². The second-order valence-corrected chi connectivity index (χ2v) is 10.4. The van der Waals surface area contributed by atoms with Crippen LogP contribution in [0.2, 0.25) is 5.02 Å². The predicted octanol–water partition coefficient (Wildman–Crippen LogP) is 1.76. The molecule has 3 rings (SSSR count). The van der Waals surface area contributed by atoms with Crippen LogP contribution >= 0.6 is 11.6 Å². The predicted molar refractivity (Wildman–Crippen MR) is 123 cm³/mol. The Labute approximate surface area is 202 Å². The smallest absolute Gasteiger partial charge is 0.329 e. The lowest BCUT2D eigenvalue weighted by atomic mass is 10.0. The van der Waals surface area contributed by atoms with Gasteiger partial charge in [0.05, 0.1) is 11.2 Å². The number of esters is 1. The van der Waals surface area contributed by atoms with E-state index in [2.05, 4.69) is 5.32 Å². The van der Waals surface area contributed by atoms with Crippen molar-refractivity contribution in [1.82, 2.24) is 14.5 Å². The van der Waals surface area contributed by atoms with Gasteiger partial charge in [-0.25, -0.2) is 13.2 Å². The van der Waals surface area contributed by atoms with Gasteiger partial charge >= 0.3 is 5.97 Å². The lowest BCUT2D eigenvalue weighted by molar-refractivity contribution is -0.154. The molecule has 34 heavy (non-hydrogen) atoms. The summed E-state index contributed by atoms with van der Waals surface area (Å²) in [7, 11) is -3.70. The van der Waals surface area contributed by atoms with Crippen LogP contribution in [0, 0.1) is 5.92 Å². The van der Waals surface area contributed by atoms with E-state index >= 15 is 0 Å². The molecular formula is C22H26ClN3O7S. The highest BCUT2D eigenvalue weighted by Gasteiger charge is 2.32. The lowest BCUT2D eigenvalue weighted by Gasteiger charge is -2.34. The number of ether oxygens (including phenoxy) is 1. The molecule has 1 fully saturated rings. The molecule has 1 aromatic heterocycles. The van der Waals surface area contributed by atoms with Gasteiger partial charge in [0.25, 0.3) is 11.8 Å². The van der Waals surface area contributed by atoms with E-state index in [4.69, 9.17) is 20.8 Å². The summed E-state index contributed by atoms with van der Waals surface area (Å²) < 4.78 is 37.0. The van der Waals surface area contributed by atoms with Crippen molar-refractivity contribution < 1.29 is 32.0 Å². The van der Waals surface area contributed by atoms with Gasteiger partial charge in [-0.2, -0.15) is 4.31 Å². The van der Waals surface area contributed by atoms with Crippen LogP contribution < -0.4 is 5.32 Å². The molecule has 0 bridgehead atoms. The third-order valence-electron chi connectivity index (χ3n) is 5.33. The van der Waals surface area contributed by atoms with Gasteiger partial charge < -0.3 is 19.4 Å². The minimum absolute atomic E-state index is 0.0564. The standard InChI is InChI=1S/C22H26ClN3O7S/c1-15(2)20(24-21(28)18-4-3-13-32-18)22(29)33-14-19(27)25-9-11-26(12-10-25)34(30,31)17-7-5-16(23)6-8-17/h3-8,13,15,20H,9-12,14H2,1-2H3,(H,24,28). The van der Waals surface area contributed by atoms with E-state index in [0.717, 1.165) is 0 Å². The van der Waals surface area contributed by atoms with Crippen LogP contribution in [-0.4, -0.2) is 74.2 Å². The minimum Gasteiger partial charge on any atom is -0.459 e. The molecule has 10 nitrogen and oxygen atoms in total. The number of furan rings is 1. The zero-order valence-corrected chi connectivity index (χ0v) is 20.3. The fourth-order valence-electron chi connectivity index (χ4n) is 3.37. The molecule has 1 unspecified atom stereocenters. The van der Waals surface area contributed by atoms with Crippen molar-refractivity contribution in [3.8, 4) is 0 Å². The highest BCUT2D eigenvalue weighted by Crippen LogP contribution is 2.20. The molecule has 0 spiro atoms. The van der Waals surface area contributed by atoms with Crippen molar-refractivity contribution in [2.24, 2.45) is 5.92 Å². The highest BCUT2D eigenvalue weighted by atomic mass is 35.5.